The number of carbonyl (C=O) groups is 2. The molecule has 0 amide bonds. The standard InChI is InChI=1S/C19H26O3/c1-11-15-10-12(20)6-9-19(3,22-15)14-7-8-18(2)13(17(11)14)4-5-16(18)21/h10-11,13-14,17H,4-9H2,1-3H3/t11-,13+,14+,17-,18-,19+/m1/s1. The lowest BCUT2D eigenvalue weighted by Gasteiger charge is -2.57. The minimum atomic E-state index is -0.220. The van der Waals surface area contributed by atoms with Crippen molar-refractivity contribution < 1.29 is 14.3 Å². The molecule has 3 fully saturated rings. The average molecular weight is 302 g/mol. The van der Waals surface area contributed by atoms with Crippen molar-refractivity contribution in [1.82, 2.24) is 0 Å². The van der Waals surface area contributed by atoms with Crippen LogP contribution in [0.25, 0.3) is 0 Å². The van der Waals surface area contributed by atoms with Crippen LogP contribution in [0.2, 0.25) is 0 Å². The van der Waals surface area contributed by atoms with Gasteiger partial charge in [0.2, 0.25) is 0 Å². The average Bonchev–Trinajstić information content (AvgIpc) is 2.69. The predicted octanol–water partition coefficient (Wildman–Crippen LogP) is 3.67. The van der Waals surface area contributed by atoms with E-state index >= 15 is 0 Å². The summed E-state index contributed by atoms with van der Waals surface area (Å²) in [6, 6.07) is 0. The Morgan fingerprint density at radius 2 is 1.86 bits per heavy atom. The molecule has 0 aromatic carbocycles. The third-order valence-electron chi connectivity index (χ3n) is 7.37. The van der Waals surface area contributed by atoms with Crippen LogP contribution in [0.1, 0.15) is 59.3 Å². The first-order valence-electron chi connectivity index (χ1n) is 8.82. The molecule has 0 spiro atoms. The Labute approximate surface area is 132 Å². The topological polar surface area (TPSA) is 43.4 Å². The van der Waals surface area contributed by atoms with E-state index in [-0.39, 0.29) is 22.7 Å². The Bertz CT molecular complexity index is 577. The first-order chi connectivity index (χ1) is 10.3. The molecule has 1 saturated heterocycles. The van der Waals surface area contributed by atoms with Gasteiger partial charge >= 0.3 is 0 Å². The van der Waals surface area contributed by atoms with Crippen LogP contribution in [0, 0.1) is 29.1 Å². The summed E-state index contributed by atoms with van der Waals surface area (Å²) >= 11 is 0. The van der Waals surface area contributed by atoms with Crippen LogP contribution >= 0.6 is 0 Å². The Kier molecular flexibility index (Phi) is 2.93. The third-order valence-corrected chi connectivity index (χ3v) is 7.37. The van der Waals surface area contributed by atoms with Crippen molar-refractivity contribution in [2.24, 2.45) is 29.1 Å². The first kappa shape index (κ1) is 14.5. The largest absolute Gasteiger partial charge is 0.491 e. The molecule has 2 saturated carbocycles. The fourth-order valence-corrected chi connectivity index (χ4v) is 6.00. The van der Waals surface area contributed by atoms with E-state index in [0.29, 0.717) is 30.0 Å². The van der Waals surface area contributed by atoms with Gasteiger partial charge in [-0.15, -0.1) is 0 Å². The molecule has 4 rings (SSSR count). The fraction of sp³-hybridized carbons (Fsp3) is 0.789. The highest BCUT2D eigenvalue weighted by Crippen LogP contribution is 2.62. The van der Waals surface area contributed by atoms with Gasteiger partial charge < -0.3 is 4.74 Å². The highest BCUT2D eigenvalue weighted by atomic mass is 16.5. The molecule has 2 heterocycles. The van der Waals surface area contributed by atoms with E-state index in [0.717, 1.165) is 37.9 Å². The normalized spacial score (nSPS) is 50.6. The van der Waals surface area contributed by atoms with Crippen molar-refractivity contribution in [3.8, 4) is 0 Å². The second-order valence-electron chi connectivity index (χ2n) is 8.42. The number of allylic oxidation sites excluding steroid dienone is 2. The fourth-order valence-electron chi connectivity index (χ4n) is 6.00. The van der Waals surface area contributed by atoms with Crippen molar-refractivity contribution >= 4 is 11.6 Å². The molecule has 2 aliphatic heterocycles. The molecule has 0 radical (unpaired) electrons. The molecule has 6 atom stereocenters. The van der Waals surface area contributed by atoms with E-state index in [2.05, 4.69) is 20.8 Å². The van der Waals surface area contributed by atoms with Gasteiger partial charge in [0.15, 0.2) is 5.78 Å². The van der Waals surface area contributed by atoms with Gasteiger partial charge in [0, 0.05) is 36.2 Å². The summed E-state index contributed by atoms with van der Waals surface area (Å²) in [5.74, 6) is 3.25. The number of hydrogen-bond donors (Lipinski definition) is 0. The molecular weight excluding hydrogens is 276 g/mol. The smallest absolute Gasteiger partial charge is 0.159 e. The Hall–Kier alpha value is -1.12. The zero-order valence-electron chi connectivity index (χ0n) is 13.9. The van der Waals surface area contributed by atoms with Crippen LogP contribution in [0.3, 0.4) is 0 Å². The molecule has 0 N–H and O–H groups in total. The predicted molar refractivity (Wildman–Crippen MR) is 83.0 cm³/mol. The first-order valence-corrected chi connectivity index (χ1v) is 8.82. The van der Waals surface area contributed by atoms with Crippen molar-refractivity contribution in [1.29, 1.82) is 0 Å². The van der Waals surface area contributed by atoms with Gasteiger partial charge in [0.25, 0.3) is 0 Å². The van der Waals surface area contributed by atoms with E-state index in [4.69, 9.17) is 4.74 Å². The van der Waals surface area contributed by atoms with Crippen molar-refractivity contribution in [3.05, 3.63) is 11.8 Å². The zero-order valence-corrected chi connectivity index (χ0v) is 13.9. The zero-order chi connectivity index (χ0) is 15.7. The molecule has 22 heavy (non-hydrogen) atoms. The lowest BCUT2D eigenvalue weighted by molar-refractivity contribution is -0.165. The minimum Gasteiger partial charge on any atom is -0.491 e. The number of rotatable bonds is 0. The summed E-state index contributed by atoms with van der Waals surface area (Å²) in [7, 11) is 0. The highest BCUT2D eigenvalue weighted by molar-refractivity contribution is 5.90. The monoisotopic (exact) mass is 302 g/mol. The number of carbonyl (C=O) groups excluding carboxylic acids is 2. The van der Waals surface area contributed by atoms with Crippen molar-refractivity contribution in [2.75, 3.05) is 0 Å². The van der Waals surface area contributed by atoms with Crippen LogP contribution in [0.4, 0.5) is 0 Å². The second-order valence-corrected chi connectivity index (χ2v) is 8.42. The molecule has 0 unspecified atom stereocenters. The van der Waals surface area contributed by atoms with Crippen LogP contribution in [0.5, 0.6) is 0 Å². The summed E-state index contributed by atoms with van der Waals surface area (Å²) < 4.78 is 6.35. The maximum Gasteiger partial charge on any atom is 0.159 e. The van der Waals surface area contributed by atoms with Gasteiger partial charge in [-0.3, -0.25) is 9.59 Å². The molecule has 4 aliphatic rings. The number of hydrogen-bond acceptors (Lipinski definition) is 3. The van der Waals surface area contributed by atoms with Gasteiger partial charge in [0.1, 0.15) is 17.1 Å². The Morgan fingerprint density at radius 1 is 1.09 bits per heavy atom. The quantitative estimate of drug-likeness (QED) is 0.685. The molecular formula is C19H26O3. The third kappa shape index (κ3) is 1.74. The van der Waals surface area contributed by atoms with Gasteiger partial charge in [-0.05, 0) is 44.4 Å². The van der Waals surface area contributed by atoms with Crippen LogP contribution in [0.15, 0.2) is 11.8 Å². The van der Waals surface area contributed by atoms with Gasteiger partial charge in [-0.2, -0.15) is 0 Å². The van der Waals surface area contributed by atoms with E-state index < -0.39 is 0 Å². The lowest BCUT2D eigenvalue weighted by atomic mass is 9.52. The summed E-state index contributed by atoms with van der Waals surface area (Å²) in [4.78, 5) is 24.5. The molecule has 120 valence electrons. The molecule has 2 bridgehead atoms. The van der Waals surface area contributed by atoms with E-state index in [1.165, 1.54) is 0 Å². The number of fused-ring (bicyclic) bond motifs is 6. The van der Waals surface area contributed by atoms with Gasteiger partial charge in [-0.1, -0.05) is 13.8 Å². The maximum atomic E-state index is 12.5. The number of ketones is 2. The van der Waals surface area contributed by atoms with Crippen LogP contribution < -0.4 is 0 Å². The number of Topliss-reactive ketones (excluding diaryl/α,β-unsaturated/α-hetero) is 1. The number of ether oxygens (including phenoxy) is 1. The summed E-state index contributed by atoms with van der Waals surface area (Å²) in [6.45, 7) is 6.59. The van der Waals surface area contributed by atoms with Crippen molar-refractivity contribution in [3.63, 3.8) is 0 Å². The Morgan fingerprint density at radius 3 is 2.64 bits per heavy atom. The van der Waals surface area contributed by atoms with Crippen LogP contribution in [-0.4, -0.2) is 17.2 Å². The lowest BCUT2D eigenvalue weighted by Crippen LogP contribution is -2.55. The molecule has 0 aromatic rings. The molecule has 2 aliphatic carbocycles. The van der Waals surface area contributed by atoms with E-state index in [1.54, 1.807) is 6.08 Å². The van der Waals surface area contributed by atoms with E-state index in [9.17, 15) is 9.59 Å². The highest BCUT2D eigenvalue weighted by Gasteiger charge is 2.61. The SMILES string of the molecule is C[C@@H]1C2=CC(=O)CC[C@](C)(O2)[C@H]2CC[C@@]3(C)C(=O)CC[C@H]3[C@@H]12. The Balaban J connectivity index is 1.79. The minimum absolute atomic E-state index is 0.128. The maximum absolute atomic E-state index is 12.5. The summed E-state index contributed by atoms with van der Waals surface area (Å²) in [5, 5.41) is 0. The second kappa shape index (κ2) is 4.46. The molecule has 3 heteroatoms. The van der Waals surface area contributed by atoms with E-state index in [1.807, 2.05) is 0 Å². The molecule has 3 nitrogen and oxygen atoms in total. The van der Waals surface area contributed by atoms with Crippen LogP contribution in [-0.2, 0) is 14.3 Å². The van der Waals surface area contributed by atoms with Gasteiger partial charge in [-0.25, -0.2) is 0 Å². The molecule has 0 aromatic heterocycles. The summed E-state index contributed by atoms with van der Waals surface area (Å²) in [6.07, 6.45) is 6.98. The van der Waals surface area contributed by atoms with Crippen molar-refractivity contribution in [2.45, 2.75) is 64.9 Å². The summed E-state index contributed by atoms with van der Waals surface area (Å²) in [5.41, 5.74) is -0.348. The van der Waals surface area contributed by atoms with Gasteiger partial charge in [0.05, 0.1) is 0 Å².